The number of carbonyl (C=O) groups is 1. The molecule has 0 aliphatic heterocycles. The van der Waals surface area contributed by atoms with E-state index >= 15 is 0 Å². The topological polar surface area (TPSA) is 38.1 Å². The summed E-state index contributed by atoms with van der Waals surface area (Å²) in [6, 6.07) is 7.82. The van der Waals surface area contributed by atoms with Gasteiger partial charge >= 0.3 is 0 Å². The summed E-state index contributed by atoms with van der Waals surface area (Å²) in [6.07, 6.45) is 4.30. The minimum absolute atomic E-state index is 0.191. The third kappa shape index (κ3) is 5.89. The Labute approximate surface area is 155 Å². The SMILES string of the molecule is CC(C)CC(=O)N(Cc1nccn1Cc1ccccc1Cl)CC(C)C. The first-order chi connectivity index (χ1) is 11.9. The molecule has 0 N–H and O–H groups in total. The van der Waals surface area contributed by atoms with Crippen molar-refractivity contribution in [3.63, 3.8) is 0 Å². The van der Waals surface area contributed by atoms with Gasteiger partial charge in [0.2, 0.25) is 5.91 Å². The molecule has 0 radical (unpaired) electrons. The van der Waals surface area contributed by atoms with Crippen LogP contribution in [0.4, 0.5) is 0 Å². The molecule has 2 rings (SSSR count). The van der Waals surface area contributed by atoms with Crippen molar-refractivity contribution in [3.05, 3.63) is 53.1 Å². The monoisotopic (exact) mass is 361 g/mol. The number of imidazole rings is 1. The van der Waals surface area contributed by atoms with Gasteiger partial charge in [-0.1, -0.05) is 57.5 Å². The summed E-state index contributed by atoms with van der Waals surface area (Å²) in [7, 11) is 0. The van der Waals surface area contributed by atoms with E-state index in [-0.39, 0.29) is 5.91 Å². The quantitative estimate of drug-likeness (QED) is 0.688. The third-order valence-electron chi connectivity index (χ3n) is 3.95. The third-order valence-corrected chi connectivity index (χ3v) is 4.32. The molecule has 0 atom stereocenters. The summed E-state index contributed by atoms with van der Waals surface area (Å²) in [5.41, 5.74) is 1.05. The van der Waals surface area contributed by atoms with E-state index in [4.69, 9.17) is 11.6 Å². The highest BCUT2D eigenvalue weighted by Crippen LogP contribution is 2.18. The zero-order valence-electron chi connectivity index (χ0n) is 15.6. The van der Waals surface area contributed by atoms with Crippen LogP contribution in [-0.4, -0.2) is 26.9 Å². The molecule has 1 aromatic carbocycles. The van der Waals surface area contributed by atoms with Gasteiger partial charge in [-0.15, -0.1) is 0 Å². The first-order valence-corrected chi connectivity index (χ1v) is 9.25. The Morgan fingerprint density at radius 1 is 1.20 bits per heavy atom. The fraction of sp³-hybridized carbons (Fsp3) is 0.500. The van der Waals surface area contributed by atoms with Gasteiger partial charge < -0.3 is 9.47 Å². The van der Waals surface area contributed by atoms with E-state index in [1.165, 1.54) is 0 Å². The lowest BCUT2D eigenvalue weighted by Gasteiger charge is -2.25. The maximum atomic E-state index is 12.6. The smallest absolute Gasteiger partial charge is 0.223 e. The number of rotatable bonds is 8. The highest BCUT2D eigenvalue weighted by molar-refractivity contribution is 6.31. The normalized spacial score (nSPS) is 11.3. The van der Waals surface area contributed by atoms with Crippen LogP contribution >= 0.6 is 11.6 Å². The number of aromatic nitrogens is 2. The van der Waals surface area contributed by atoms with Gasteiger partial charge in [-0.3, -0.25) is 4.79 Å². The largest absolute Gasteiger partial charge is 0.335 e. The van der Waals surface area contributed by atoms with Crippen molar-refractivity contribution in [2.24, 2.45) is 11.8 Å². The second kappa shape index (κ2) is 9.04. The molecule has 0 bridgehead atoms. The van der Waals surface area contributed by atoms with Crippen molar-refractivity contribution >= 4 is 17.5 Å². The molecule has 136 valence electrons. The minimum Gasteiger partial charge on any atom is -0.335 e. The zero-order valence-corrected chi connectivity index (χ0v) is 16.3. The van der Waals surface area contributed by atoms with Crippen molar-refractivity contribution in [1.29, 1.82) is 0 Å². The molecular formula is C20H28ClN3O. The Morgan fingerprint density at radius 2 is 1.92 bits per heavy atom. The van der Waals surface area contributed by atoms with E-state index in [1.807, 2.05) is 35.4 Å². The molecule has 0 aliphatic rings. The van der Waals surface area contributed by atoms with E-state index in [0.717, 1.165) is 23.0 Å². The molecule has 0 unspecified atom stereocenters. The molecule has 5 heteroatoms. The lowest BCUT2D eigenvalue weighted by Crippen LogP contribution is -2.35. The molecule has 0 fully saturated rings. The number of hydrogen-bond donors (Lipinski definition) is 0. The van der Waals surface area contributed by atoms with E-state index in [0.29, 0.717) is 31.3 Å². The lowest BCUT2D eigenvalue weighted by molar-refractivity contribution is -0.133. The first-order valence-electron chi connectivity index (χ1n) is 8.88. The molecule has 0 aliphatic carbocycles. The molecule has 0 saturated carbocycles. The van der Waals surface area contributed by atoms with Crippen LogP contribution in [-0.2, 0) is 17.9 Å². The highest BCUT2D eigenvalue weighted by atomic mass is 35.5. The summed E-state index contributed by atoms with van der Waals surface area (Å²) in [5.74, 6) is 1.85. The summed E-state index contributed by atoms with van der Waals surface area (Å²) in [6.45, 7) is 10.3. The number of benzene rings is 1. The van der Waals surface area contributed by atoms with Gasteiger partial charge in [-0.05, 0) is 23.5 Å². The van der Waals surface area contributed by atoms with Crippen molar-refractivity contribution < 1.29 is 4.79 Å². The van der Waals surface area contributed by atoms with Crippen LogP contribution in [0.25, 0.3) is 0 Å². The second-order valence-corrected chi connectivity index (χ2v) is 7.74. The predicted octanol–water partition coefficient (Wildman–Crippen LogP) is 4.62. The summed E-state index contributed by atoms with van der Waals surface area (Å²) < 4.78 is 2.07. The number of amides is 1. The molecule has 1 heterocycles. The number of halogens is 1. The number of carbonyl (C=O) groups excluding carboxylic acids is 1. The van der Waals surface area contributed by atoms with Gasteiger partial charge in [-0.2, -0.15) is 0 Å². The van der Waals surface area contributed by atoms with Crippen molar-refractivity contribution in [2.75, 3.05) is 6.54 Å². The Balaban J connectivity index is 2.15. The Kier molecular flexibility index (Phi) is 7.06. The van der Waals surface area contributed by atoms with Crippen LogP contribution in [0.15, 0.2) is 36.7 Å². The summed E-state index contributed by atoms with van der Waals surface area (Å²) in [4.78, 5) is 19.0. The highest BCUT2D eigenvalue weighted by Gasteiger charge is 2.19. The van der Waals surface area contributed by atoms with E-state index in [2.05, 4.69) is 37.2 Å². The van der Waals surface area contributed by atoms with Crippen LogP contribution in [0.1, 0.15) is 45.5 Å². The van der Waals surface area contributed by atoms with Crippen LogP contribution in [0.5, 0.6) is 0 Å². The Bertz CT molecular complexity index is 694. The summed E-state index contributed by atoms with van der Waals surface area (Å²) >= 11 is 6.28. The van der Waals surface area contributed by atoms with Crippen LogP contribution in [0, 0.1) is 11.8 Å². The van der Waals surface area contributed by atoms with Gasteiger partial charge in [0.05, 0.1) is 13.1 Å². The van der Waals surface area contributed by atoms with Crippen LogP contribution in [0.3, 0.4) is 0 Å². The van der Waals surface area contributed by atoms with E-state index in [1.54, 1.807) is 6.20 Å². The number of hydrogen-bond acceptors (Lipinski definition) is 2. The van der Waals surface area contributed by atoms with Crippen molar-refractivity contribution in [3.8, 4) is 0 Å². The molecule has 0 saturated heterocycles. The van der Waals surface area contributed by atoms with Crippen LogP contribution in [0.2, 0.25) is 5.02 Å². The van der Waals surface area contributed by atoms with Gasteiger partial charge in [-0.25, -0.2) is 4.98 Å². The molecule has 1 amide bonds. The standard InChI is InChI=1S/C20H28ClN3O/c1-15(2)11-20(25)24(12-16(3)4)14-19-22-9-10-23(19)13-17-7-5-6-8-18(17)21/h5-10,15-16H,11-14H2,1-4H3. The molecule has 2 aromatic rings. The van der Waals surface area contributed by atoms with Gasteiger partial charge in [0.15, 0.2) is 0 Å². The average Bonchev–Trinajstić information content (AvgIpc) is 2.95. The number of nitrogens with zero attached hydrogens (tertiary/aromatic N) is 3. The predicted molar refractivity (Wildman–Crippen MR) is 102 cm³/mol. The molecule has 25 heavy (non-hydrogen) atoms. The molecule has 0 spiro atoms. The maximum Gasteiger partial charge on any atom is 0.223 e. The fourth-order valence-corrected chi connectivity index (χ4v) is 2.99. The van der Waals surface area contributed by atoms with E-state index in [9.17, 15) is 4.79 Å². The fourth-order valence-electron chi connectivity index (χ4n) is 2.79. The summed E-state index contributed by atoms with van der Waals surface area (Å²) in [5, 5.41) is 0.747. The molecule has 4 nitrogen and oxygen atoms in total. The van der Waals surface area contributed by atoms with Gasteiger partial charge in [0, 0.05) is 30.4 Å². The maximum absolute atomic E-state index is 12.6. The van der Waals surface area contributed by atoms with E-state index < -0.39 is 0 Å². The lowest BCUT2D eigenvalue weighted by atomic mass is 10.1. The Hall–Kier alpha value is -1.81. The molecule has 1 aromatic heterocycles. The Morgan fingerprint density at radius 3 is 2.56 bits per heavy atom. The van der Waals surface area contributed by atoms with Crippen LogP contribution < -0.4 is 0 Å². The average molecular weight is 362 g/mol. The molecular weight excluding hydrogens is 334 g/mol. The van der Waals surface area contributed by atoms with Crippen molar-refractivity contribution in [2.45, 2.75) is 47.2 Å². The van der Waals surface area contributed by atoms with Crippen molar-refractivity contribution in [1.82, 2.24) is 14.5 Å². The van der Waals surface area contributed by atoms with Gasteiger partial charge in [0.25, 0.3) is 0 Å². The van der Waals surface area contributed by atoms with Gasteiger partial charge in [0.1, 0.15) is 5.82 Å². The minimum atomic E-state index is 0.191. The zero-order chi connectivity index (χ0) is 18.4. The first kappa shape index (κ1) is 19.5. The second-order valence-electron chi connectivity index (χ2n) is 7.33.